The smallest absolute Gasteiger partial charge is 0.324 e. The van der Waals surface area contributed by atoms with E-state index in [9.17, 15) is 4.79 Å². The van der Waals surface area contributed by atoms with E-state index in [-0.39, 0.29) is 17.5 Å². The molecule has 4 aromatic rings. The van der Waals surface area contributed by atoms with Crippen LogP contribution in [0, 0.1) is 6.92 Å². The van der Waals surface area contributed by atoms with Gasteiger partial charge in [-0.3, -0.25) is 10.2 Å². The van der Waals surface area contributed by atoms with Crippen molar-refractivity contribution in [1.29, 1.82) is 0 Å². The quantitative estimate of drug-likeness (QED) is 0.284. The van der Waals surface area contributed by atoms with Gasteiger partial charge in [-0.25, -0.2) is 9.48 Å². The van der Waals surface area contributed by atoms with E-state index in [2.05, 4.69) is 43.2 Å². The standard InChI is InChI=1S/C32H39N5O3/c1-22-10-12-24(13-11-22)37-30(20-29(35-37)32(3,4)5)34-31(38)33-27-14-15-28(26-9-7-6-8-25(26)27)40-21-23(2)36-16-18-39-19-17-36/h6-15,20,23H,16-19,21H2,1-5H3,(H2,33,34,38). The number of nitrogens with zero attached hydrogens (tertiary/aromatic N) is 3. The molecule has 8 heteroatoms. The van der Waals surface area contributed by atoms with Crippen LogP contribution in [0.1, 0.15) is 39.0 Å². The first-order valence-electron chi connectivity index (χ1n) is 13.9. The summed E-state index contributed by atoms with van der Waals surface area (Å²) in [6.45, 7) is 14.5. The van der Waals surface area contributed by atoms with E-state index in [4.69, 9.17) is 14.6 Å². The molecular weight excluding hydrogens is 502 g/mol. The zero-order chi connectivity index (χ0) is 28.3. The first-order valence-corrected chi connectivity index (χ1v) is 13.9. The third-order valence-electron chi connectivity index (χ3n) is 7.28. The van der Waals surface area contributed by atoms with E-state index >= 15 is 0 Å². The van der Waals surface area contributed by atoms with E-state index in [1.165, 1.54) is 0 Å². The SMILES string of the molecule is Cc1ccc(-n2nc(C(C)(C)C)cc2NC(=O)Nc2ccc(OCC(C)N3CCOCC3)c3ccccc23)cc1. The third-order valence-corrected chi connectivity index (χ3v) is 7.28. The maximum atomic E-state index is 13.3. The van der Waals surface area contributed by atoms with Gasteiger partial charge in [0.05, 0.1) is 30.3 Å². The van der Waals surface area contributed by atoms with E-state index < -0.39 is 0 Å². The molecule has 0 radical (unpaired) electrons. The van der Waals surface area contributed by atoms with Gasteiger partial charge in [0.1, 0.15) is 18.2 Å². The number of fused-ring (bicyclic) bond motifs is 1. The van der Waals surface area contributed by atoms with Crippen LogP contribution in [0.15, 0.2) is 66.7 Å². The van der Waals surface area contributed by atoms with Gasteiger partial charge >= 0.3 is 6.03 Å². The molecular formula is C32H39N5O3. The number of morpholine rings is 1. The Bertz CT molecular complexity index is 1470. The molecule has 1 saturated heterocycles. The van der Waals surface area contributed by atoms with Gasteiger partial charge in [-0.2, -0.15) is 5.10 Å². The van der Waals surface area contributed by atoms with Crippen molar-refractivity contribution in [2.45, 2.75) is 46.1 Å². The lowest BCUT2D eigenvalue weighted by Gasteiger charge is -2.32. The second kappa shape index (κ2) is 11.7. The van der Waals surface area contributed by atoms with Crippen molar-refractivity contribution in [3.8, 4) is 11.4 Å². The molecule has 40 heavy (non-hydrogen) atoms. The summed E-state index contributed by atoms with van der Waals surface area (Å²) in [5.41, 5.74) is 3.47. The minimum atomic E-state index is -0.339. The van der Waals surface area contributed by atoms with Crippen LogP contribution in [0.25, 0.3) is 16.5 Å². The number of aromatic nitrogens is 2. The summed E-state index contributed by atoms with van der Waals surface area (Å²) in [5.74, 6) is 1.40. The number of aryl methyl sites for hydroxylation is 1. The second-order valence-electron chi connectivity index (χ2n) is 11.5. The molecule has 1 aliphatic heterocycles. The van der Waals surface area contributed by atoms with Crippen LogP contribution in [-0.4, -0.2) is 59.7 Å². The average Bonchev–Trinajstić information content (AvgIpc) is 3.37. The van der Waals surface area contributed by atoms with Gasteiger partial charge in [-0.1, -0.05) is 62.7 Å². The largest absolute Gasteiger partial charge is 0.491 e. The number of carbonyl (C=O) groups is 1. The van der Waals surface area contributed by atoms with Gasteiger partial charge in [0.2, 0.25) is 0 Å². The molecule has 2 heterocycles. The molecule has 1 aliphatic rings. The zero-order valence-electron chi connectivity index (χ0n) is 24.0. The van der Waals surface area contributed by atoms with Crippen molar-refractivity contribution >= 4 is 28.3 Å². The van der Waals surface area contributed by atoms with Crippen molar-refractivity contribution in [3.05, 3.63) is 78.0 Å². The fourth-order valence-electron chi connectivity index (χ4n) is 4.83. The number of urea groups is 1. The second-order valence-corrected chi connectivity index (χ2v) is 11.5. The summed E-state index contributed by atoms with van der Waals surface area (Å²) < 4.78 is 13.5. The van der Waals surface area contributed by atoms with E-state index in [1.807, 2.05) is 73.7 Å². The number of ether oxygens (including phenoxy) is 2. The van der Waals surface area contributed by atoms with Crippen molar-refractivity contribution in [2.24, 2.45) is 0 Å². The van der Waals surface area contributed by atoms with Crippen molar-refractivity contribution < 1.29 is 14.3 Å². The number of benzene rings is 3. The average molecular weight is 542 g/mol. The predicted octanol–water partition coefficient (Wildman–Crippen LogP) is 6.37. The molecule has 0 aliphatic carbocycles. The molecule has 0 spiro atoms. The summed E-state index contributed by atoms with van der Waals surface area (Å²) >= 11 is 0. The lowest BCUT2D eigenvalue weighted by molar-refractivity contribution is 0.0106. The predicted molar refractivity (Wildman–Crippen MR) is 161 cm³/mol. The molecule has 1 fully saturated rings. The lowest BCUT2D eigenvalue weighted by Crippen LogP contribution is -2.44. The number of hydrogen-bond donors (Lipinski definition) is 2. The molecule has 5 rings (SSSR count). The first kappa shape index (κ1) is 27.7. The molecule has 8 nitrogen and oxygen atoms in total. The number of nitrogens with one attached hydrogen (secondary N) is 2. The highest BCUT2D eigenvalue weighted by Crippen LogP contribution is 2.32. The molecule has 3 aromatic carbocycles. The van der Waals surface area contributed by atoms with E-state index in [1.54, 1.807) is 4.68 Å². The first-order chi connectivity index (χ1) is 19.2. The molecule has 2 N–H and O–H groups in total. The van der Waals surface area contributed by atoms with Crippen LogP contribution in [0.3, 0.4) is 0 Å². The van der Waals surface area contributed by atoms with Crippen LogP contribution >= 0.6 is 0 Å². The monoisotopic (exact) mass is 541 g/mol. The summed E-state index contributed by atoms with van der Waals surface area (Å²) in [7, 11) is 0. The van der Waals surface area contributed by atoms with Gasteiger partial charge < -0.3 is 14.8 Å². The van der Waals surface area contributed by atoms with Crippen LogP contribution in [0.4, 0.5) is 16.3 Å². The molecule has 0 bridgehead atoms. The highest BCUT2D eigenvalue weighted by Gasteiger charge is 2.22. The van der Waals surface area contributed by atoms with Crippen molar-refractivity contribution in [1.82, 2.24) is 14.7 Å². The molecule has 210 valence electrons. The van der Waals surface area contributed by atoms with Crippen molar-refractivity contribution in [3.63, 3.8) is 0 Å². The normalized spacial score (nSPS) is 15.1. The molecule has 1 aromatic heterocycles. The minimum Gasteiger partial charge on any atom is -0.491 e. The summed E-state index contributed by atoms with van der Waals surface area (Å²) in [4.78, 5) is 15.7. The maximum absolute atomic E-state index is 13.3. The van der Waals surface area contributed by atoms with Gasteiger partial charge in [0.15, 0.2) is 0 Å². The molecule has 2 amide bonds. The molecule has 1 unspecified atom stereocenters. The summed E-state index contributed by atoms with van der Waals surface area (Å²) in [5, 5.41) is 12.8. The van der Waals surface area contributed by atoms with Gasteiger partial charge in [-0.05, 0) is 38.1 Å². The van der Waals surface area contributed by atoms with Crippen LogP contribution in [-0.2, 0) is 10.2 Å². The molecule has 0 saturated carbocycles. The summed E-state index contributed by atoms with van der Waals surface area (Å²) in [6.07, 6.45) is 0. The topological polar surface area (TPSA) is 80.7 Å². The Kier molecular flexibility index (Phi) is 8.09. The highest BCUT2D eigenvalue weighted by molar-refractivity contribution is 6.07. The Balaban J connectivity index is 1.34. The maximum Gasteiger partial charge on any atom is 0.324 e. The number of amides is 2. The highest BCUT2D eigenvalue weighted by atomic mass is 16.5. The zero-order valence-corrected chi connectivity index (χ0v) is 24.0. The van der Waals surface area contributed by atoms with Crippen molar-refractivity contribution in [2.75, 3.05) is 43.5 Å². The number of rotatable bonds is 7. The van der Waals surface area contributed by atoms with Gasteiger partial charge in [0, 0.05) is 41.4 Å². The van der Waals surface area contributed by atoms with Gasteiger partial charge in [0.25, 0.3) is 0 Å². The summed E-state index contributed by atoms with van der Waals surface area (Å²) in [6, 6.07) is 21.8. The fraction of sp³-hybridized carbons (Fsp3) is 0.375. The van der Waals surface area contributed by atoms with Crippen LogP contribution in [0.2, 0.25) is 0 Å². The Morgan fingerprint density at radius 1 is 1.00 bits per heavy atom. The van der Waals surface area contributed by atoms with Crippen LogP contribution in [0.5, 0.6) is 5.75 Å². The fourth-order valence-corrected chi connectivity index (χ4v) is 4.83. The number of carbonyl (C=O) groups excluding carboxylic acids is 1. The Morgan fingerprint density at radius 2 is 1.70 bits per heavy atom. The van der Waals surface area contributed by atoms with Gasteiger partial charge in [-0.15, -0.1) is 0 Å². The number of anilines is 2. The van der Waals surface area contributed by atoms with E-state index in [0.717, 1.165) is 59.8 Å². The van der Waals surface area contributed by atoms with E-state index in [0.29, 0.717) is 18.1 Å². The third kappa shape index (κ3) is 6.29. The minimum absolute atomic E-state index is 0.172. The Morgan fingerprint density at radius 3 is 2.40 bits per heavy atom. The Labute approximate surface area is 236 Å². The van der Waals surface area contributed by atoms with Crippen LogP contribution < -0.4 is 15.4 Å². The Hall–Kier alpha value is -3.88. The lowest BCUT2D eigenvalue weighted by atomic mass is 9.92. The molecule has 1 atom stereocenters. The number of hydrogen-bond acceptors (Lipinski definition) is 5.